The van der Waals surface area contributed by atoms with Crippen LogP contribution in [0.4, 0.5) is 0 Å². The predicted octanol–water partition coefficient (Wildman–Crippen LogP) is 4.06. The van der Waals surface area contributed by atoms with Crippen molar-refractivity contribution in [2.45, 2.75) is 64.8 Å². The summed E-state index contributed by atoms with van der Waals surface area (Å²) < 4.78 is 5.32. The van der Waals surface area contributed by atoms with Gasteiger partial charge in [-0.3, -0.25) is 4.79 Å². The summed E-state index contributed by atoms with van der Waals surface area (Å²) in [5.41, 5.74) is 2.73. The lowest BCUT2D eigenvalue weighted by atomic mass is 9.93. The van der Waals surface area contributed by atoms with Gasteiger partial charge in [-0.25, -0.2) is 4.98 Å². The van der Waals surface area contributed by atoms with Crippen molar-refractivity contribution in [1.82, 2.24) is 15.0 Å². The molecule has 0 aliphatic heterocycles. The van der Waals surface area contributed by atoms with Gasteiger partial charge in [0.15, 0.2) is 0 Å². The summed E-state index contributed by atoms with van der Waals surface area (Å²) in [5.74, 6) is 0.286. The summed E-state index contributed by atoms with van der Waals surface area (Å²) in [6, 6.07) is 2.25. The van der Waals surface area contributed by atoms with E-state index < -0.39 is 0 Å². The first-order valence-corrected chi connectivity index (χ1v) is 8.53. The highest BCUT2D eigenvalue weighted by molar-refractivity contribution is 6.06. The molecule has 124 valence electrons. The molecule has 0 spiro atoms. The fraction of sp³-hybridized carbons (Fsp3) is 0.611. The highest BCUT2D eigenvalue weighted by atomic mass is 16.5. The van der Waals surface area contributed by atoms with Crippen molar-refractivity contribution < 1.29 is 9.32 Å². The minimum Gasteiger partial charge on any atom is -0.339 e. The third-order valence-electron chi connectivity index (χ3n) is 4.90. The summed E-state index contributed by atoms with van der Waals surface area (Å²) in [4.78, 5) is 19.5. The molecule has 0 atom stereocenters. The number of rotatable bonds is 3. The molecule has 1 saturated carbocycles. The Bertz CT molecular complexity index is 714. The van der Waals surface area contributed by atoms with Crippen molar-refractivity contribution in [2.24, 2.45) is 0 Å². The molecule has 0 N–H and O–H groups in total. The third kappa shape index (κ3) is 2.96. The van der Waals surface area contributed by atoms with Gasteiger partial charge < -0.3 is 9.42 Å². The molecule has 0 bridgehead atoms. The van der Waals surface area contributed by atoms with Gasteiger partial charge in [-0.1, -0.05) is 38.3 Å². The average Bonchev–Trinajstić information content (AvgIpc) is 2.95. The Kier molecular flexibility index (Phi) is 4.37. The maximum absolute atomic E-state index is 13.1. The summed E-state index contributed by atoms with van der Waals surface area (Å²) >= 11 is 0. The van der Waals surface area contributed by atoms with E-state index in [0.717, 1.165) is 29.6 Å². The second-order valence-corrected chi connectivity index (χ2v) is 6.91. The van der Waals surface area contributed by atoms with Crippen LogP contribution in [0.25, 0.3) is 11.1 Å². The molecular weight excluding hydrogens is 290 g/mol. The van der Waals surface area contributed by atoms with Gasteiger partial charge in [0.1, 0.15) is 0 Å². The summed E-state index contributed by atoms with van der Waals surface area (Å²) in [7, 11) is 1.92. The first kappa shape index (κ1) is 16.0. The molecule has 2 heterocycles. The first-order chi connectivity index (χ1) is 11.0. The van der Waals surface area contributed by atoms with Crippen LogP contribution in [0.15, 0.2) is 10.6 Å². The van der Waals surface area contributed by atoms with E-state index in [2.05, 4.69) is 24.0 Å². The van der Waals surface area contributed by atoms with Crippen LogP contribution in [-0.4, -0.2) is 34.0 Å². The summed E-state index contributed by atoms with van der Waals surface area (Å²) in [6.45, 7) is 5.99. The minimum absolute atomic E-state index is 0.0532. The molecule has 0 radical (unpaired) electrons. The zero-order valence-corrected chi connectivity index (χ0v) is 14.4. The van der Waals surface area contributed by atoms with Crippen molar-refractivity contribution in [3.63, 3.8) is 0 Å². The molecule has 5 heteroatoms. The summed E-state index contributed by atoms with van der Waals surface area (Å²) in [5, 5.41) is 4.75. The third-order valence-corrected chi connectivity index (χ3v) is 4.90. The SMILES string of the molecule is Cc1noc2nc(C(C)C)cc(C(=O)N(C)C3CCCCC3)c12. The van der Waals surface area contributed by atoms with Gasteiger partial charge in [-0.2, -0.15) is 0 Å². The fourth-order valence-corrected chi connectivity index (χ4v) is 3.40. The van der Waals surface area contributed by atoms with Crippen LogP contribution in [0.5, 0.6) is 0 Å². The Morgan fingerprint density at radius 3 is 2.65 bits per heavy atom. The molecular formula is C18H25N3O2. The van der Waals surface area contributed by atoms with E-state index >= 15 is 0 Å². The Morgan fingerprint density at radius 2 is 2.00 bits per heavy atom. The first-order valence-electron chi connectivity index (χ1n) is 8.53. The molecule has 1 aliphatic carbocycles. The molecule has 1 fully saturated rings. The highest BCUT2D eigenvalue weighted by Crippen LogP contribution is 2.28. The van der Waals surface area contributed by atoms with E-state index in [9.17, 15) is 4.79 Å². The van der Waals surface area contributed by atoms with E-state index in [-0.39, 0.29) is 11.8 Å². The van der Waals surface area contributed by atoms with Gasteiger partial charge in [-0.05, 0) is 31.7 Å². The van der Waals surface area contributed by atoms with Crippen molar-refractivity contribution in [3.8, 4) is 0 Å². The number of aryl methyl sites for hydroxylation is 1. The summed E-state index contributed by atoms with van der Waals surface area (Å²) in [6.07, 6.45) is 5.88. The molecule has 23 heavy (non-hydrogen) atoms. The van der Waals surface area contributed by atoms with Crippen molar-refractivity contribution in [2.75, 3.05) is 7.05 Å². The lowest BCUT2D eigenvalue weighted by molar-refractivity contribution is 0.0698. The molecule has 1 aliphatic rings. The number of hydrogen-bond acceptors (Lipinski definition) is 4. The Labute approximate surface area is 137 Å². The monoisotopic (exact) mass is 315 g/mol. The number of carbonyl (C=O) groups excluding carboxylic acids is 1. The largest absolute Gasteiger partial charge is 0.339 e. The van der Waals surface area contributed by atoms with Crippen molar-refractivity contribution in [1.29, 1.82) is 0 Å². The predicted molar refractivity (Wildman–Crippen MR) is 89.6 cm³/mol. The number of fused-ring (bicyclic) bond motifs is 1. The maximum atomic E-state index is 13.1. The minimum atomic E-state index is 0.0532. The number of amides is 1. The van der Waals surface area contributed by atoms with Gasteiger partial charge in [0.05, 0.1) is 16.6 Å². The molecule has 2 aromatic rings. The van der Waals surface area contributed by atoms with E-state index in [4.69, 9.17) is 4.52 Å². The van der Waals surface area contributed by atoms with Crippen LogP contribution in [0, 0.1) is 6.92 Å². The van der Waals surface area contributed by atoms with Gasteiger partial charge in [0.2, 0.25) is 0 Å². The standard InChI is InChI=1S/C18H25N3O2/c1-11(2)15-10-14(16-12(3)20-23-17(16)19-15)18(22)21(4)13-8-6-5-7-9-13/h10-11,13H,5-9H2,1-4H3. The van der Waals surface area contributed by atoms with Crippen LogP contribution < -0.4 is 0 Å². The van der Waals surface area contributed by atoms with E-state index in [1.165, 1.54) is 19.3 Å². The quantitative estimate of drug-likeness (QED) is 0.857. The number of carbonyl (C=O) groups is 1. The van der Waals surface area contributed by atoms with Crippen molar-refractivity contribution >= 4 is 17.0 Å². The van der Waals surface area contributed by atoms with Crippen LogP contribution in [0.2, 0.25) is 0 Å². The van der Waals surface area contributed by atoms with Gasteiger partial charge in [-0.15, -0.1) is 0 Å². The Hall–Kier alpha value is -1.91. The number of hydrogen-bond donors (Lipinski definition) is 0. The average molecular weight is 315 g/mol. The van der Waals surface area contributed by atoms with Crippen LogP contribution in [0.3, 0.4) is 0 Å². The maximum Gasteiger partial charge on any atom is 0.259 e. The van der Waals surface area contributed by atoms with Gasteiger partial charge >= 0.3 is 0 Å². The molecule has 3 rings (SSSR count). The normalized spacial score (nSPS) is 16.2. The lowest BCUT2D eigenvalue weighted by Gasteiger charge is -2.31. The second kappa shape index (κ2) is 6.30. The van der Waals surface area contributed by atoms with E-state index in [0.29, 0.717) is 17.3 Å². The van der Waals surface area contributed by atoms with Gasteiger partial charge in [0, 0.05) is 18.8 Å². The Balaban J connectivity index is 2.02. The van der Waals surface area contributed by atoms with Crippen LogP contribution in [0.1, 0.15) is 73.6 Å². The lowest BCUT2D eigenvalue weighted by Crippen LogP contribution is -2.38. The second-order valence-electron chi connectivity index (χ2n) is 6.91. The van der Waals surface area contributed by atoms with Crippen molar-refractivity contribution in [3.05, 3.63) is 23.0 Å². The molecule has 0 aromatic carbocycles. The van der Waals surface area contributed by atoms with Gasteiger partial charge in [0.25, 0.3) is 11.6 Å². The number of nitrogens with zero attached hydrogens (tertiary/aromatic N) is 3. The smallest absolute Gasteiger partial charge is 0.259 e. The fourth-order valence-electron chi connectivity index (χ4n) is 3.40. The molecule has 5 nitrogen and oxygen atoms in total. The Morgan fingerprint density at radius 1 is 1.30 bits per heavy atom. The van der Waals surface area contributed by atoms with Crippen LogP contribution in [-0.2, 0) is 0 Å². The van der Waals surface area contributed by atoms with E-state index in [1.54, 1.807) is 0 Å². The molecule has 0 saturated heterocycles. The number of aromatic nitrogens is 2. The topological polar surface area (TPSA) is 59.2 Å². The highest BCUT2D eigenvalue weighted by Gasteiger charge is 2.27. The molecule has 2 aromatic heterocycles. The molecule has 0 unspecified atom stereocenters. The zero-order valence-electron chi connectivity index (χ0n) is 14.4. The number of pyridine rings is 1. The molecule has 1 amide bonds. The van der Waals surface area contributed by atoms with Crippen LogP contribution >= 0.6 is 0 Å². The van der Waals surface area contributed by atoms with E-state index in [1.807, 2.05) is 24.9 Å². The zero-order chi connectivity index (χ0) is 16.6.